The van der Waals surface area contributed by atoms with E-state index < -0.39 is 0 Å². The van der Waals surface area contributed by atoms with E-state index in [1.54, 1.807) is 6.20 Å². The van der Waals surface area contributed by atoms with Crippen molar-refractivity contribution >= 4 is 38.6 Å². The van der Waals surface area contributed by atoms with Gasteiger partial charge < -0.3 is 0 Å². The van der Waals surface area contributed by atoms with Crippen LogP contribution >= 0.6 is 27.5 Å². The Balaban J connectivity index is 2.80. The van der Waals surface area contributed by atoms with Gasteiger partial charge in [0.2, 0.25) is 0 Å². The second-order valence-electron chi connectivity index (χ2n) is 2.37. The van der Waals surface area contributed by atoms with E-state index in [0.717, 1.165) is 21.2 Å². The lowest BCUT2D eigenvalue weighted by Crippen LogP contribution is -1.84. The summed E-state index contributed by atoms with van der Waals surface area (Å²) in [6.45, 7) is 0. The van der Waals surface area contributed by atoms with Crippen LogP contribution in [0.2, 0.25) is 0 Å². The molecule has 0 aliphatic rings. The van der Waals surface area contributed by atoms with E-state index in [4.69, 9.17) is 11.6 Å². The average Bonchev–Trinajstić information content (AvgIpc) is 2.50. The second-order valence-corrected chi connectivity index (χ2v) is 3.45. The minimum Gasteiger partial charge on any atom is -0.261 e. The Morgan fingerprint density at radius 1 is 1.58 bits per heavy atom. The van der Waals surface area contributed by atoms with Crippen molar-refractivity contribution in [3.8, 4) is 0 Å². The molecule has 2 aromatic rings. The number of hydrogen-bond acceptors (Lipinski definition) is 2. The summed E-state index contributed by atoms with van der Waals surface area (Å²) >= 11 is 9.04. The predicted molar refractivity (Wildman–Crippen MR) is 51.1 cm³/mol. The first-order valence-electron chi connectivity index (χ1n) is 3.35. The maximum absolute atomic E-state index is 5.74. The lowest BCUT2D eigenvalue weighted by Gasteiger charge is -1.97. The van der Waals surface area contributed by atoms with Gasteiger partial charge in [-0.15, -0.1) is 11.6 Å². The first kappa shape index (κ1) is 8.01. The third kappa shape index (κ3) is 1.21. The smallest absolute Gasteiger partial charge is 0.156 e. The van der Waals surface area contributed by atoms with Crippen LogP contribution in [-0.2, 0) is 5.88 Å². The summed E-state index contributed by atoms with van der Waals surface area (Å²) in [6, 6.07) is 1.89. The number of nitrogens with zero attached hydrogens (tertiary/aromatic N) is 2. The van der Waals surface area contributed by atoms with Crippen molar-refractivity contribution in [3.63, 3.8) is 0 Å². The molecule has 1 N–H and O–H groups in total. The second kappa shape index (κ2) is 3.03. The van der Waals surface area contributed by atoms with E-state index in [9.17, 15) is 0 Å². The minimum atomic E-state index is 0.469. The fraction of sp³-hybridized carbons (Fsp3) is 0.143. The molecule has 0 radical (unpaired) electrons. The normalized spacial score (nSPS) is 10.8. The summed E-state index contributed by atoms with van der Waals surface area (Å²) in [7, 11) is 0. The van der Waals surface area contributed by atoms with E-state index in [1.807, 2.05) is 6.07 Å². The molecule has 0 bridgehead atoms. The standard InChI is InChI=1S/C7H5BrClN3/c8-6-1-4(2-9)5-3-10-12-7(5)11-6/h1,3H,2H2,(H,10,11,12). The van der Waals surface area contributed by atoms with Gasteiger partial charge in [-0.3, -0.25) is 5.10 Å². The van der Waals surface area contributed by atoms with Crippen LogP contribution < -0.4 is 0 Å². The van der Waals surface area contributed by atoms with E-state index in [1.165, 1.54) is 0 Å². The highest BCUT2D eigenvalue weighted by Gasteiger charge is 2.04. The Bertz CT molecular complexity index is 412. The van der Waals surface area contributed by atoms with Gasteiger partial charge in [0, 0.05) is 11.3 Å². The molecule has 0 saturated carbocycles. The Morgan fingerprint density at radius 2 is 2.42 bits per heavy atom. The van der Waals surface area contributed by atoms with E-state index >= 15 is 0 Å². The average molecular weight is 246 g/mol. The van der Waals surface area contributed by atoms with Crippen LogP contribution in [0.15, 0.2) is 16.9 Å². The molecule has 62 valence electrons. The number of nitrogens with one attached hydrogen (secondary N) is 1. The first-order chi connectivity index (χ1) is 5.81. The molecule has 12 heavy (non-hydrogen) atoms. The molecule has 0 saturated heterocycles. The number of alkyl halides is 1. The molecule has 5 heteroatoms. The molecule has 2 rings (SSSR count). The van der Waals surface area contributed by atoms with Gasteiger partial charge in [-0.1, -0.05) is 0 Å². The summed E-state index contributed by atoms with van der Waals surface area (Å²) < 4.78 is 0.773. The molecule has 0 atom stereocenters. The largest absolute Gasteiger partial charge is 0.261 e. The van der Waals surface area contributed by atoms with E-state index in [0.29, 0.717) is 5.88 Å². The van der Waals surface area contributed by atoms with Crippen LogP contribution in [0.25, 0.3) is 11.0 Å². The van der Waals surface area contributed by atoms with Gasteiger partial charge in [0.25, 0.3) is 0 Å². The van der Waals surface area contributed by atoms with Gasteiger partial charge in [-0.05, 0) is 27.6 Å². The topological polar surface area (TPSA) is 41.6 Å². The van der Waals surface area contributed by atoms with Crippen LogP contribution in [0.5, 0.6) is 0 Å². The summed E-state index contributed by atoms with van der Waals surface area (Å²) in [5.41, 5.74) is 1.79. The predicted octanol–water partition coefficient (Wildman–Crippen LogP) is 2.46. The molecule has 3 nitrogen and oxygen atoms in total. The fourth-order valence-electron chi connectivity index (χ4n) is 1.07. The zero-order valence-corrected chi connectivity index (χ0v) is 8.35. The Hall–Kier alpha value is -0.610. The number of pyridine rings is 1. The quantitative estimate of drug-likeness (QED) is 0.620. The molecule has 0 unspecified atom stereocenters. The summed E-state index contributed by atoms with van der Waals surface area (Å²) in [6.07, 6.45) is 1.73. The molecular weight excluding hydrogens is 241 g/mol. The highest BCUT2D eigenvalue weighted by atomic mass is 79.9. The van der Waals surface area contributed by atoms with E-state index in [-0.39, 0.29) is 0 Å². The SMILES string of the molecule is ClCc1cc(Br)nc2[nH]ncc12. The maximum atomic E-state index is 5.74. The van der Waals surface area contributed by atoms with Crippen LogP contribution in [-0.4, -0.2) is 15.2 Å². The monoisotopic (exact) mass is 245 g/mol. The fourth-order valence-corrected chi connectivity index (χ4v) is 1.75. The first-order valence-corrected chi connectivity index (χ1v) is 4.68. The van der Waals surface area contributed by atoms with Crippen LogP contribution in [0.1, 0.15) is 5.56 Å². The summed E-state index contributed by atoms with van der Waals surface area (Å²) in [5, 5.41) is 7.65. The van der Waals surface area contributed by atoms with Crippen molar-refractivity contribution in [2.45, 2.75) is 5.88 Å². The number of aromatic nitrogens is 3. The molecule has 0 fully saturated rings. The number of halogens is 2. The molecule has 0 aliphatic heterocycles. The van der Waals surface area contributed by atoms with Crippen LogP contribution in [0.4, 0.5) is 0 Å². The number of fused-ring (bicyclic) bond motifs is 1. The van der Waals surface area contributed by atoms with Crippen molar-refractivity contribution in [2.75, 3.05) is 0 Å². The summed E-state index contributed by atoms with van der Waals surface area (Å²) in [5.74, 6) is 0.469. The van der Waals surface area contributed by atoms with Crippen molar-refractivity contribution < 1.29 is 0 Å². The number of aromatic amines is 1. The van der Waals surface area contributed by atoms with Gasteiger partial charge in [-0.2, -0.15) is 5.10 Å². The van der Waals surface area contributed by atoms with E-state index in [2.05, 4.69) is 31.1 Å². The molecule has 0 spiro atoms. The van der Waals surface area contributed by atoms with Crippen LogP contribution in [0, 0.1) is 0 Å². The molecule has 2 aromatic heterocycles. The van der Waals surface area contributed by atoms with Gasteiger partial charge in [-0.25, -0.2) is 4.98 Å². The van der Waals surface area contributed by atoms with Gasteiger partial charge in [0.05, 0.1) is 6.20 Å². The zero-order valence-electron chi connectivity index (χ0n) is 6.01. The Labute approximate surface area is 82.3 Å². The van der Waals surface area contributed by atoms with Crippen molar-refractivity contribution in [2.24, 2.45) is 0 Å². The highest BCUT2D eigenvalue weighted by Crippen LogP contribution is 2.20. The van der Waals surface area contributed by atoms with Crippen molar-refractivity contribution in [1.82, 2.24) is 15.2 Å². The highest BCUT2D eigenvalue weighted by molar-refractivity contribution is 9.10. The molecule has 0 aliphatic carbocycles. The number of H-pyrrole nitrogens is 1. The lowest BCUT2D eigenvalue weighted by atomic mass is 10.2. The third-order valence-corrected chi connectivity index (χ3v) is 2.32. The summed E-state index contributed by atoms with van der Waals surface area (Å²) in [4.78, 5) is 4.18. The zero-order chi connectivity index (χ0) is 8.55. The van der Waals surface area contributed by atoms with Gasteiger partial charge in [0.15, 0.2) is 5.65 Å². The number of rotatable bonds is 1. The lowest BCUT2D eigenvalue weighted by molar-refractivity contribution is 1.09. The van der Waals surface area contributed by atoms with Crippen molar-refractivity contribution in [1.29, 1.82) is 0 Å². The Morgan fingerprint density at radius 3 is 3.17 bits per heavy atom. The molecular formula is C7H5BrClN3. The Kier molecular flexibility index (Phi) is 2.02. The molecule has 0 amide bonds. The maximum Gasteiger partial charge on any atom is 0.156 e. The van der Waals surface area contributed by atoms with Gasteiger partial charge in [0.1, 0.15) is 4.60 Å². The number of hydrogen-bond donors (Lipinski definition) is 1. The molecule has 2 heterocycles. The van der Waals surface area contributed by atoms with Crippen LogP contribution in [0.3, 0.4) is 0 Å². The molecule has 0 aromatic carbocycles. The minimum absolute atomic E-state index is 0.469. The van der Waals surface area contributed by atoms with Crippen molar-refractivity contribution in [3.05, 3.63) is 22.4 Å². The van der Waals surface area contributed by atoms with Gasteiger partial charge >= 0.3 is 0 Å². The third-order valence-electron chi connectivity index (χ3n) is 1.62.